The lowest BCUT2D eigenvalue weighted by Gasteiger charge is -2.07. The lowest BCUT2D eigenvalue weighted by Crippen LogP contribution is -2.19. The van der Waals surface area contributed by atoms with E-state index in [0.717, 1.165) is 6.54 Å². The molecule has 8 heteroatoms. The van der Waals surface area contributed by atoms with Crippen molar-refractivity contribution in [3.63, 3.8) is 0 Å². The zero-order chi connectivity index (χ0) is 13.7. The number of sulfonamides is 1. The predicted octanol–water partition coefficient (Wildman–Crippen LogP) is 0.715. The number of pyridine rings is 1. The Bertz CT molecular complexity index is 624. The molecule has 0 saturated heterocycles. The van der Waals surface area contributed by atoms with Crippen molar-refractivity contribution in [1.82, 2.24) is 20.5 Å². The molecule has 0 saturated carbocycles. The van der Waals surface area contributed by atoms with Crippen molar-refractivity contribution in [3.05, 3.63) is 36.2 Å². The molecule has 0 bridgehead atoms. The third-order valence-electron chi connectivity index (χ3n) is 2.42. The minimum absolute atomic E-state index is 0.0547. The van der Waals surface area contributed by atoms with Gasteiger partial charge in [0.1, 0.15) is 5.82 Å². The van der Waals surface area contributed by atoms with Crippen LogP contribution in [0, 0.1) is 0 Å². The fourth-order valence-electron chi connectivity index (χ4n) is 1.53. The summed E-state index contributed by atoms with van der Waals surface area (Å²) in [5.41, 5.74) is 0.588. The van der Waals surface area contributed by atoms with Gasteiger partial charge >= 0.3 is 0 Å². The summed E-state index contributed by atoms with van der Waals surface area (Å²) >= 11 is 0. The second-order valence-corrected chi connectivity index (χ2v) is 5.44. The number of nitrogens with one attached hydrogen (secondary N) is 3. The van der Waals surface area contributed by atoms with E-state index in [1.807, 2.05) is 6.92 Å². The first-order valence-corrected chi connectivity index (χ1v) is 7.28. The van der Waals surface area contributed by atoms with Crippen molar-refractivity contribution >= 4 is 15.8 Å². The minimum atomic E-state index is -3.70. The Labute approximate surface area is 111 Å². The summed E-state index contributed by atoms with van der Waals surface area (Å²) in [4.78, 5) is 3.93. The van der Waals surface area contributed by atoms with Gasteiger partial charge < -0.3 is 5.32 Å². The van der Waals surface area contributed by atoms with Crippen LogP contribution >= 0.6 is 0 Å². The van der Waals surface area contributed by atoms with Crippen LogP contribution in [-0.2, 0) is 16.6 Å². The van der Waals surface area contributed by atoms with Gasteiger partial charge in [-0.2, -0.15) is 13.5 Å². The van der Waals surface area contributed by atoms with E-state index in [1.54, 1.807) is 18.2 Å². The zero-order valence-electron chi connectivity index (χ0n) is 10.4. The summed E-state index contributed by atoms with van der Waals surface area (Å²) in [5.74, 6) is 0.270. The number of anilines is 1. The molecule has 0 aromatic carbocycles. The van der Waals surface area contributed by atoms with Crippen molar-refractivity contribution in [2.45, 2.75) is 18.5 Å². The Morgan fingerprint density at radius 1 is 1.37 bits per heavy atom. The predicted molar refractivity (Wildman–Crippen MR) is 71.0 cm³/mol. The molecular weight excluding hydrogens is 266 g/mol. The van der Waals surface area contributed by atoms with Crippen LogP contribution in [0.3, 0.4) is 0 Å². The number of nitrogens with zero attached hydrogens (tertiary/aromatic N) is 2. The highest BCUT2D eigenvalue weighted by atomic mass is 32.2. The van der Waals surface area contributed by atoms with Gasteiger partial charge in [-0.25, -0.2) is 4.98 Å². The van der Waals surface area contributed by atoms with Crippen LogP contribution in [0.15, 0.2) is 35.6 Å². The van der Waals surface area contributed by atoms with Crippen molar-refractivity contribution in [3.8, 4) is 0 Å². The van der Waals surface area contributed by atoms with Crippen LogP contribution in [0.5, 0.6) is 0 Å². The molecule has 0 aliphatic carbocycles. The highest BCUT2D eigenvalue weighted by Crippen LogP contribution is 2.15. The van der Waals surface area contributed by atoms with E-state index in [2.05, 4.69) is 25.2 Å². The molecule has 19 heavy (non-hydrogen) atoms. The molecule has 102 valence electrons. The SMILES string of the molecule is CCNCc1cn[nH]c1S(=O)(=O)Nc1ccccn1. The minimum Gasteiger partial charge on any atom is -0.313 e. The van der Waals surface area contributed by atoms with Crippen LogP contribution < -0.4 is 10.0 Å². The summed E-state index contributed by atoms with van der Waals surface area (Å²) < 4.78 is 26.8. The van der Waals surface area contributed by atoms with Gasteiger partial charge in [0, 0.05) is 18.3 Å². The number of hydrogen-bond donors (Lipinski definition) is 3. The van der Waals surface area contributed by atoms with Gasteiger partial charge in [0.05, 0.1) is 6.20 Å². The van der Waals surface area contributed by atoms with Gasteiger partial charge in [0.15, 0.2) is 5.03 Å². The standard InChI is InChI=1S/C11H15N5O2S/c1-2-12-7-9-8-14-15-11(9)19(17,18)16-10-5-3-4-6-13-10/h3-6,8,12H,2,7H2,1H3,(H,13,16)(H,14,15). The molecule has 0 fully saturated rings. The summed E-state index contributed by atoms with van der Waals surface area (Å²) in [5, 5.41) is 9.40. The van der Waals surface area contributed by atoms with Crippen LogP contribution in [0.1, 0.15) is 12.5 Å². The maximum absolute atomic E-state index is 12.2. The first-order chi connectivity index (χ1) is 9.13. The summed E-state index contributed by atoms with van der Waals surface area (Å²) in [7, 11) is -3.70. The third-order valence-corrected chi connectivity index (χ3v) is 3.78. The molecule has 3 N–H and O–H groups in total. The van der Waals surface area contributed by atoms with Gasteiger partial charge in [-0.1, -0.05) is 13.0 Å². The smallest absolute Gasteiger partial charge is 0.280 e. The maximum atomic E-state index is 12.2. The molecule has 0 radical (unpaired) electrons. The largest absolute Gasteiger partial charge is 0.313 e. The number of rotatable bonds is 6. The van der Waals surface area contributed by atoms with E-state index in [9.17, 15) is 8.42 Å². The van der Waals surface area contributed by atoms with E-state index < -0.39 is 10.0 Å². The van der Waals surface area contributed by atoms with E-state index in [0.29, 0.717) is 12.1 Å². The molecule has 0 aliphatic heterocycles. The number of H-pyrrole nitrogens is 1. The average molecular weight is 281 g/mol. The monoisotopic (exact) mass is 281 g/mol. The highest BCUT2D eigenvalue weighted by Gasteiger charge is 2.20. The lowest BCUT2D eigenvalue weighted by atomic mass is 10.3. The quantitative estimate of drug-likeness (QED) is 0.724. The van der Waals surface area contributed by atoms with Crippen LogP contribution in [0.2, 0.25) is 0 Å². The Morgan fingerprint density at radius 3 is 2.89 bits per heavy atom. The van der Waals surface area contributed by atoms with Gasteiger partial charge in [0.25, 0.3) is 10.0 Å². The molecular formula is C11H15N5O2S. The van der Waals surface area contributed by atoms with Gasteiger partial charge in [-0.05, 0) is 18.7 Å². The Morgan fingerprint density at radius 2 is 2.21 bits per heavy atom. The molecule has 2 rings (SSSR count). The van der Waals surface area contributed by atoms with E-state index >= 15 is 0 Å². The van der Waals surface area contributed by atoms with E-state index in [1.165, 1.54) is 12.4 Å². The Kier molecular flexibility index (Phi) is 4.13. The average Bonchev–Trinajstić information content (AvgIpc) is 2.86. The van der Waals surface area contributed by atoms with E-state index in [4.69, 9.17) is 0 Å². The molecule has 0 spiro atoms. The van der Waals surface area contributed by atoms with Crippen LogP contribution in [0.4, 0.5) is 5.82 Å². The molecule has 7 nitrogen and oxygen atoms in total. The summed E-state index contributed by atoms with van der Waals surface area (Å²) in [6, 6.07) is 5.00. The lowest BCUT2D eigenvalue weighted by molar-refractivity contribution is 0.594. The molecule has 2 aromatic rings. The van der Waals surface area contributed by atoms with E-state index in [-0.39, 0.29) is 10.8 Å². The molecule has 0 aliphatic rings. The van der Waals surface area contributed by atoms with Crippen molar-refractivity contribution in [2.75, 3.05) is 11.3 Å². The third kappa shape index (κ3) is 3.30. The fraction of sp³-hybridized carbons (Fsp3) is 0.273. The number of aromatic amines is 1. The maximum Gasteiger partial charge on any atom is 0.280 e. The summed E-state index contributed by atoms with van der Waals surface area (Å²) in [6.45, 7) is 3.13. The van der Waals surface area contributed by atoms with Gasteiger partial charge in [-0.3, -0.25) is 9.82 Å². The normalized spacial score (nSPS) is 11.4. The second-order valence-electron chi connectivity index (χ2n) is 3.83. The fourth-order valence-corrected chi connectivity index (χ4v) is 2.67. The van der Waals surface area contributed by atoms with Crippen molar-refractivity contribution in [2.24, 2.45) is 0 Å². The number of aromatic nitrogens is 3. The van der Waals surface area contributed by atoms with Gasteiger partial charge in [0.2, 0.25) is 0 Å². The highest BCUT2D eigenvalue weighted by molar-refractivity contribution is 7.92. The van der Waals surface area contributed by atoms with Crippen molar-refractivity contribution < 1.29 is 8.42 Å². The molecule has 0 atom stereocenters. The summed E-state index contributed by atoms with van der Waals surface area (Å²) in [6.07, 6.45) is 3.01. The first kappa shape index (κ1) is 13.5. The molecule has 2 aromatic heterocycles. The van der Waals surface area contributed by atoms with Crippen LogP contribution in [-0.4, -0.2) is 30.1 Å². The van der Waals surface area contributed by atoms with Gasteiger partial charge in [-0.15, -0.1) is 0 Å². The second kappa shape index (κ2) is 5.81. The molecule has 0 unspecified atom stereocenters. The Hall–Kier alpha value is -1.93. The number of hydrogen-bond acceptors (Lipinski definition) is 5. The topological polar surface area (TPSA) is 99.8 Å². The van der Waals surface area contributed by atoms with Crippen LogP contribution in [0.25, 0.3) is 0 Å². The first-order valence-electron chi connectivity index (χ1n) is 5.80. The molecule has 0 amide bonds. The van der Waals surface area contributed by atoms with Crippen molar-refractivity contribution in [1.29, 1.82) is 0 Å². The Balaban J connectivity index is 2.22. The zero-order valence-corrected chi connectivity index (χ0v) is 11.2. The molecule has 2 heterocycles.